The number of nitrogens with zero attached hydrogens (tertiary/aromatic N) is 4. The van der Waals surface area contributed by atoms with E-state index in [1.165, 1.54) is 7.11 Å². The molecule has 0 fully saturated rings. The Balaban J connectivity index is 1.49. The third kappa shape index (κ3) is 4.29. The zero-order valence-electron chi connectivity index (χ0n) is 25.7. The number of dihydropyridines is 1. The van der Waals surface area contributed by atoms with Crippen LogP contribution in [0.2, 0.25) is 0 Å². The van der Waals surface area contributed by atoms with Crippen LogP contribution in [0.25, 0.3) is 59.8 Å². The van der Waals surface area contributed by atoms with Crippen molar-refractivity contribution in [1.82, 2.24) is 14.5 Å². The number of para-hydroxylation sites is 2. The van der Waals surface area contributed by atoms with Gasteiger partial charge < -0.3 is 19.2 Å². The van der Waals surface area contributed by atoms with Gasteiger partial charge in [0, 0.05) is 45.9 Å². The fourth-order valence-corrected chi connectivity index (χ4v) is 7.08. The Morgan fingerprint density at radius 1 is 0.787 bits per heavy atom. The van der Waals surface area contributed by atoms with E-state index in [-0.39, 0.29) is 5.92 Å². The summed E-state index contributed by atoms with van der Waals surface area (Å²) in [5.41, 5.74) is 9.38. The van der Waals surface area contributed by atoms with Crippen LogP contribution >= 0.6 is 0 Å². The highest BCUT2D eigenvalue weighted by atomic mass is 16.5. The number of hydrogen-bond acceptors (Lipinski definition) is 4. The molecule has 1 N–H and O–H groups in total. The molecule has 0 amide bonds. The molecule has 5 aromatic carbocycles. The zero-order chi connectivity index (χ0) is 32.2. The molecule has 0 aliphatic carbocycles. The molecule has 0 saturated carbocycles. The Morgan fingerprint density at radius 3 is 2.00 bits per heavy atom. The van der Waals surface area contributed by atoms with Crippen LogP contribution < -0.4 is 5.32 Å². The summed E-state index contributed by atoms with van der Waals surface area (Å²) in [6.07, 6.45) is 3.63. The van der Waals surface area contributed by atoms with Gasteiger partial charge in [0.25, 0.3) is 0 Å². The van der Waals surface area contributed by atoms with Crippen molar-refractivity contribution in [2.45, 2.75) is 12.8 Å². The molecule has 7 aromatic rings. The lowest BCUT2D eigenvalue weighted by Gasteiger charge is -2.25. The van der Waals surface area contributed by atoms with E-state index >= 15 is 0 Å². The van der Waals surface area contributed by atoms with Gasteiger partial charge in [-0.15, -0.1) is 0 Å². The number of rotatable bonds is 4. The predicted molar refractivity (Wildman–Crippen MR) is 186 cm³/mol. The third-order valence-corrected chi connectivity index (χ3v) is 9.10. The fourth-order valence-electron chi connectivity index (χ4n) is 7.08. The second kappa shape index (κ2) is 10.8. The largest absolute Gasteiger partial charge is 0.466 e. The lowest BCUT2D eigenvalue weighted by Crippen LogP contribution is -2.21. The van der Waals surface area contributed by atoms with E-state index in [1.807, 2.05) is 73.8 Å². The SMILES string of the molecule is [C-]#[N+]c1ccc2c(c1)c1ccccc1n2-c1cc(C2C(C)=CNC=C2C(=O)OC)cc(-n2c3ccccc3c3cc(C#N)ccc32)c1. The number of aromatic nitrogens is 2. The van der Waals surface area contributed by atoms with Crippen LogP contribution in [0.4, 0.5) is 5.69 Å². The summed E-state index contributed by atoms with van der Waals surface area (Å²) in [5, 5.41) is 16.9. The summed E-state index contributed by atoms with van der Waals surface area (Å²) in [5.74, 6) is -0.756. The van der Waals surface area contributed by atoms with Gasteiger partial charge in [-0.2, -0.15) is 5.26 Å². The van der Waals surface area contributed by atoms with Crippen molar-refractivity contribution in [2.75, 3.05) is 7.11 Å². The Labute approximate surface area is 270 Å². The quantitative estimate of drug-likeness (QED) is 0.160. The first-order valence-electron chi connectivity index (χ1n) is 15.2. The minimum atomic E-state index is -0.397. The van der Waals surface area contributed by atoms with Crippen molar-refractivity contribution in [3.05, 3.63) is 149 Å². The second-order valence-corrected chi connectivity index (χ2v) is 11.7. The van der Waals surface area contributed by atoms with Gasteiger partial charge in [0.2, 0.25) is 0 Å². The Morgan fingerprint density at radius 2 is 1.38 bits per heavy atom. The smallest absolute Gasteiger partial charge is 0.336 e. The van der Waals surface area contributed by atoms with E-state index < -0.39 is 5.97 Å². The van der Waals surface area contributed by atoms with Crippen molar-refractivity contribution >= 4 is 55.3 Å². The third-order valence-electron chi connectivity index (χ3n) is 9.10. The number of nitrogens with one attached hydrogen (secondary N) is 1. The number of carbonyl (C=O) groups excluding carboxylic acids is 1. The van der Waals surface area contributed by atoms with Crippen LogP contribution in [0.3, 0.4) is 0 Å². The van der Waals surface area contributed by atoms with Gasteiger partial charge in [-0.3, -0.25) is 0 Å². The fraction of sp³-hybridized carbons (Fsp3) is 0.0750. The molecule has 0 radical (unpaired) electrons. The molecule has 1 atom stereocenters. The first kappa shape index (κ1) is 27.9. The maximum atomic E-state index is 13.1. The molecule has 0 spiro atoms. The van der Waals surface area contributed by atoms with E-state index in [0.717, 1.165) is 66.1 Å². The molecule has 224 valence electrons. The number of esters is 1. The highest BCUT2D eigenvalue weighted by Gasteiger charge is 2.29. The molecule has 7 nitrogen and oxygen atoms in total. The highest BCUT2D eigenvalue weighted by Crippen LogP contribution is 2.41. The highest BCUT2D eigenvalue weighted by molar-refractivity contribution is 6.11. The zero-order valence-corrected chi connectivity index (χ0v) is 25.7. The molecule has 47 heavy (non-hydrogen) atoms. The average Bonchev–Trinajstić information content (AvgIpc) is 3.63. The van der Waals surface area contributed by atoms with Crippen LogP contribution in [0.5, 0.6) is 0 Å². The van der Waals surface area contributed by atoms with Gasteiger partial charge in [0.1, 0.15) is 0 Å². The van der Waals surface area contributed by atoms with Gasteiger partial charge in [-0.25, -0.2) is 9.64 Å². The van der Waals surface area contributed by atoms with Gasteiger partial charge in [-0.1, -0.05) is 42.5 Å². The number of fused-ring (bicyclic) bond motifs is 6. The number of carbonyl (C=O) groups is 1. The maximum Gasteiger partial charge on any atom is 0.336 e. The maximum absolute atomic E-state index is 13.1. The summed E-state index contributed by atoms with van der Waals surface area (Å²) < 4.78 is 9.69. The molecule has 3 heterocycles. The standard InChI is InChI=1S/C40H27N5O2/c1-24-22-43-23-34(40(46)47-3)39(24)26-17-28(44-35-10-6-4-8-30(35)32-16-25(21-41)12-14-37(32)44)20-29(18-26)45-36-11-7-5-9-31(36)33-19-27(42-2)13-15-38(33)45/h4-20,22-23,39,43H,1,3H3. The molecule has 2 aromatic heterocycles. The lowest BCUT2D eigenvalue weighted by atomic mass is 9.84. The minimum absolute atomic E-state index is 0.359. The van der Waals surface area contributed by atoms with Crippen LogP contribution in [0.1, 0.15) is 24.0 Å². The number of ether oxygens (including phenoxy) is 1. The van der Waals surface area contributed by atoms with Crippen molar-refractivity contribution in [3.8, 4) is 17.4 Å². The molecule has 1 unspecified atom stereocenters. The number of allylic oxidation sites excluding steroid dienone is 1. The Bertz CT molecular complexity index is 2450. The summed E-state index contributed by atoms with van der Waals surface area (Å²) in [7, 11) is 1.40. The summed E-state index contributed by atoms with van der Waals surface area (Å²) in [4.78, 5) is 16.8. The molecule has 1 aliphatic heterocycles. The van der Waals surface area contributed by atoms with Gasteiger partial charge in [0.15, 0.2) is 5.69 Å². The monoisotopic (exact) mass is 609 g/mol. The lowest BCUT2D eigenvalue weighted by molar-refractivity contribution is -0.136. The molecule has 0 bridgehead atoms. The topological polar surface area (TPSA) is 76.3 Å². The van der Waals surface area contributed by atoms with E-state index in [1.54, 1.807) is 6.20 Å². The van der Waals surface area contributed by atoms with E-state index in [9.17, 15) is 10.1 Å². The molecular weight excluding hydrogens is 582 g/mol. The van der Waals surface area contributed by atoms with Gasteiger partial charge >= 0.3 is 5.97 Å². The van der Waals surface area contributed by atoms with Crippen molar-refractivity contribution in [3.63, 3.8) is 0 Å². The first-order valence-corrected chi connectivity index (χ1v) is 15.2. The molecule has 7 heteroatoms. The van der Waals surface area contributed by atoms with E-state index in [2.05, 4.69) is 67.8 Å². The van der Waals surface area contributed by atoms with Crippen molar-refractivity contribution < 1.29 is 9.53 Å². The predicted octanol–water partition coefficient (Wildman–Crippen LogP) is 8.95. The van der Waals surface area contributed by atoms with E-state index in [0.29, 0.717) is 16.8 Å². The molecule has 8 rings (SSSR count). The van der Waals surface area contributed by atoms with Gasteiger partial charge in [0.05, 0.1) is 53.0 Å². The number of benzene rings is 5. The molecule has 1 aliphatic rings. The number of hydrogen-bond donors (Lipinski definition) is 1. The Hall–Kier alpha value is -6.57. The van der Waals surface area contributed by atoms with Crippen molar-refractivity contribution in [1.29, 1.82) is 5.26 Å². The summed E-state index contributed by atoms with van der Waals surface area (Å²) >= 11 is 0. The van der Waals surface area contributed by atoms with Gasteiger partial charge in [-0.05, 0) is 84.1 Å². The van der Waals surface area contributed by atoms with Crippen molar-refractivity contribution in [2.24, 2.45) is 0 Å². The number of nitriles is 1. The van der Waals surface area contributed by atoms with Crippen LogP contribution in [0.15, 0.2) is 127 Å². The molecule has 0 saturated heterocycles. The molecular formula is C40H27N5O2. The second-order valence-electron chi connectivity index (χ2n) is 11.7. The average molecular weight is 610 g/mol. The summed E-state index contributed by atoms with van der Waals surface area (Å²) in [6.45, 7) is 9.65. The normalized spacial score (nSPS) is 14.4. The van der Waals surface area contributed by atoms with Crippen LogP contribution in [-0.4, -0.2) is 22.2 Å². The Kier molecular flexibility index (Phi) is 6.42. The minimum Gasteiger partial charge on any atom is -0.466 e. The summed E-state index contributed by atoms with van der Waals surface area (Å²) in [6, 6.07) is 36.8. The number of methoxy groups -OCH3 is 1. The van der Waals surface area contributed by atoms with E-state index in [4.69, 9.17) is 11.3 Å². The first-order chi connectivity index (χ1) is 23.0. The van der Waals surface area contributed by atoms with Crippen LogP contribution in [-0.2, 0) is 9.53 Å². The van der Waals surface area contributed by atoms with Crippen LogP contribution in [0, 0.1) is 17.9 Å².